The van der Waals surface area contributed by atoms with Crippen LogP contribution >= 0.6 is 0 Å². The van der Waals surface area contributed by atoms with Gasteiger partial charge in [0.25, 0.3) is 0 Å². The van der Waals surface area contributed by atoms with Gasteiger partial charge in [-0.15, -0.1) is 70.0 Å². The summed E-state index contributed by atoms with van der Waals surface area (Å²) in [4.78, 5) is 19.0. The second-order valence-electron chi connectivity index (χ2n) is 16.5. The van der Waals surface area contributed by atoms with Crippen LogP contribution in [-0.2, 0) is 24.9 Å². The molecule has 4 nitrogen and oxygen atoms in total. The van der Waals surface area contributed by atoms with Gasteiger partial charge in [0.05, 0.1) is 5.76 Å². The van der Waals surface area contributed by atoms with Crippen LogP contribution in [0.4, 0.5) is 0 Å². The molecular formula is C63H52IrN2O2Si2-2. The minimum absolute atomic E-state index is 0. The zero-order chi connectivity index (χ0) is 47.7. The van der Waals surface area contributed by atoms with Gasteiger partial charge in [-0.2, -0.15) is 0 Å². The molecule has 0 saturated carbocycles. The number of hydrogen-bond acceptors (Lipinski definition) is 4. The van der Waals surface area contributed by atoms with E-state index in [0.717, 1.165) is 22.5 Å². The van der Waals surface area contributed by atoms with Crippen LogP contribution in [0, 0.1) is 12.1 Å². The molecule has 8 aromatic carbocycles. The fraction of sp³-hybridized carbons (Fsp3) is 0.0317. The summed E-state index contributed by atoms with van der Waals surface area (Å²) < 4.78 is 0. The van der Waals surface area contributed by atoms with Gasteiger partial charge in [-0.25, -0.2) is 0 Å². The summed E-state index contributed by atoms with van der Waals surface area (Å²) in [5, 5.41) is 19.2. The number of ketones is 1. The van der Waals surface area contributed by atoms with Crippen molar-refractivity contribution in [3.63, 3.8) is 0 Å². The fourth-order valence-electron chi connectivity index (χ4n) is 9.10. The summed E-state index contributed by atoms with van der Waals surface area (Å²) in [5.74, 6) is -0.0625. The molecule has 10 rings (SSSR count). The Kier molecular flexibility index (Phi) is 17.6. The quantitative estimate of drug-likeness (QED) is 0.0463. The van der Waals surface area contributed by atoms with Gasteiger partial charge in [-0.1, -0.05) is 237 Å². The van der Waals surface area contributed by atoms with Crippen molar-refractivity contribution in [1.82, 2.24) is 9.97 Å². The molecule has 345 valence electrons. The predicted molar refractivity (Wildman–Crippen MR) is 291 cm³/mol. The van der Waals surface area contributed by atoms with Crippen molar-refractivity contribution < 1.29 is 30.0 Å². The minimum Gasteiger partial charge on any atom is -0.512 e. The molecule has 10 aromatic rings. The zero-order valence-corrected chi connectivity index (χ0v) is 43.5. The Balaban J connectivity index is 0.000000180. The Morgan fingerprint density at radius 1 is 0.386 bits per heavy atom. The summed E-state index contributed by atoms with van der Waals surface area (Å²) in [5.41, 5.74) is 3.92. The van der Waals surface area contributed by atoms with Gasteiger partial charge in [0, 0.05) is 38.6 Å². The average Bonchev–Trinajstić information content (AvgIpc) is 3.42. The minimum atomic E-state index is -2.48. The van der Waals surface area contributed by atoms with E-state index in [1.807, 2.05) is 48.8 Å². The van der Waals surface area contributed by atoms with E-state index in [1.54, 1.807) is 0 Å². The number of carbonyl (C=O) groups is 1. The van der Waals surface area contributed by atoms with Gasteiger partial charge in [-0.3, -0.25) is 4.79 Å². The second kappa shape index (κ2) is 24.6. The molecule has 1 N–H and O–H groups in total. The third-order valence-corrected chi connectivity index (χ3v) is 21.6. The van der Waals surface area contributed by atoms with E-state index < -0.39 is 16.1 Å². The Bertz CT molecular complexity index is 2750. The first-order valence-electron chi connectivity index (χ1n) is 23.0. The number of carbonyl (C=O) groups excluding carboxylic acids is 1. The number of aliphatic hydroxyl groups is 1. The van der Waals surface area contributed by atoms with Crippen LogP contribution in [0.2, 0.25) is 0 Å². The zero-order valence-electron chi connectivity index (χ0n) is 39.1. The van der Waals surface area contributed by atoms with E-state index in [1.165, 1.54) is 61.4 Å². The molecule has 0 atom stereocenters. The molecule has 2 heterocycles. The van der Waals surface area contributed by atoms with E-state index in [0.29, 0.717) is 0 Å². The number of hydrogen-bond donors (Lipinski definition) is 1. The average molecular weight is 1120 g/mol. The molecule has 0 aliphatic heterocycles. The first-order valence-corrected chi connectivity index (χ1v) is 27.0. The number of rotatable bonds is 11. The summed E-state index contributed by atoms with van der Waals surface area (Å²) in [6, 6.07) is 97.9. The van der Waals surface area contributed by atoms with Crippen molar-refractivity contribution in [3.8, 4) is 22.5 Å². The first-order chi connectivity index (χ1) is 33.9. The first kappa shape index (κ1) is 50.2. The Morgan fingerprint density at radius 2 is 0.657 bits per heavy atom. The number of aliphatic hydroxyl groups excluding tert-OH is 1. The van der Waals surface area contributed by atoms with E-state index in [9.17, 15) is 4.79 Å². The molecule has 7 heteroatoms. The molecule has 2 aromatic heterocycles. The Labute approximate surface area is 428 Å². The normalized spacial score (nSPS) is 11.1. The molecular weight excluding hydrogens is 1070 g/mol. The summed E-state index contributed by atoms with van der Waals surface area (Å²) in [6.45, 7) is 2.85. The summed E-state index contributed by atoms with van der Waals surface area (Å²) in [7, 11) is -4.95. The van der Waals surface area contributed by atoms with Crippen LogP contribution in [0.15, 0.2) is 279 Å². The fourth-order valence-corrected chi connectivity index (χ4v) is 18.5. The van der Waals surface area contributed by atoms with Crippen LogP contribution in [0.25, 0.3) is 22.5 Å². The van der Waals surface area contributed by atoms with Gasteiger partial charge < -0.3 is 15.1 Å². The van der Waals surface area contributed by atoms with Gasteiger partial charge in [-0.05, 0) is 37.4 Å². The maximum absolute atomic E-state index is 10.0. The molecule has 0 bridgehead atoms. The van der Waals surface area contributed by atoms with Crippen molar-refractivity contribution in [2.75, 3.05) is 0 Å². The molecule has 0 spiro atoms. The molecule has 70 heavy (non-hydrogen) atoms. The van der Waals surface area contributed by atoms with Gasteiger partial charge in [0.15, 0.2) is 5.78 Å². The van der Waals surface area contributed by atoms with E-state index in [4.69, 9.17) is 5.11 Å². The largest absolute Gasteiger partial charge is 0.512 e. The number of benzene rings is 8. The van der Waals surface area contributed by atoms with Crippen molar-refractivity contribution in [3.05, 3.63) is 291 Å². The van der Waals surface area contributed by atoms with Crippen LogP contribution in [0.1, 0.15) is 13.8 Å². The molecule has 0 aliphatic carbocycles. The van der Waals surface area contributed by atoms with E-state index in [2.05, 4.69) is 240 Å². The van der Waals surface area contributed by atoms with Crippen molar-refractivity contribution in [1.29, 1.82) is 0 Å². The Hall–Kier alpha value is -7.65. The third-order valence-electron chi connectivity index (χ3n) is 12.0. The molecule has 0 fully saturated rings. The molecule has 1 radical (unpaired) electrons. The van der Waals surface area contributed by atoms with Crippen molar-refractivity contribution in [2.24, 2.45) is 0 Å². The van der Waals surface area contributed by atoms with Gasteiger partial charge in [0.2, 0.25) is 0 Å². The van der Waals surface area contributed by atoms with E-state index in [-0.39, 0.29) is 31.6 Å². The standard InChI is InChI=1S/2C29H22NSi.C5H8O2.Ir/c2*1-4-12-25(13-5-1)31(26-14-6-2-7-15-26,27-16-8-3-9-17-27)28-21-19-24(20-22-28)29-18-10-11-23-30-29;1-4(6)3-5(2)7;/h2*1-19,21-23H;3,6H,1-2H3;/q2*-1;;/b;;4-3-;. The Morgan fingerprint density at radius 3 is 0.843 bits per heavy atom. The molecule has 0 unspecified atom stereocenters. The van der Waals surface area contributed by atoms with Crippen LogP contribution < -0.4 is 41.5 Å². The summed E-state index contributed by atoms with van der Waals surface area (Å²) in [6.07, 6.45) is 4.82. The predicted octanol–water partition coefficient (Wildman–Crippen LogP) is 8.89. The number of aromatic nitrogens is 2. The monoisotopic (exact) mass is 1120 g/mol. The van der Waals surface area contributed by atoms with Crippen LogP contribution in [-0.4, -0.2) is 37.0 Å². The molecule has 0 amide bonds. The third kappa shape index (κ3) is 11.4. The number of nitrogens with zero attached hydrogens (tertiary/aromatic N) is 2. The van der Waals surface area contributed by atoms with Gasteiger partial charge >= 0.3 is 0 Å². The maximum Gasteiger partial charge on any atom is 0.155 e. The number of pyridine rings is 2. The van der Waals surface area contributed by atoms with Crippen molar-refractivity contribution >= 4 is 63.4 Å². The smallest absolute Gasteiger partial charge is 0.155 e. The van der Waals surface area contributed by atoms with Crippen LogP contribution in [0.3, 0.4) is 0 Å². The van der Waals surface area contributed by atoms with E-state index >= 15 is 0 Å². The maximum atomic E-state index is 10.0. The van der Waals surface area contributed by atoms with Gasteiger partial charge in [0.1, 0.15) is 16.1 Å². The molecule has 0 aliphatic rings. The summed E-state index contributed by atoms with van der Waals surface area (Å²) >= 11 is 0. The SMILES string of the molecule is CC(=O)/C=C(/C)O.[Ir].[c-]1cc([Si](c2ccccc2)(c2ccccc2)c2ccccc2)ccc1-c1ccccn1.[c-]1cc([Si](c2ccccc2)(c2ccccc2)c2ccccc2)ccc1-c1ccccn1. The topological polar surface area (TPSA) is 63.1 Å². The number of allylic oxidation sites excluding steroid dienone is 2. The molecule has 0 saturated heterocycles. The van der Waals surface area contributed by atoms with Crippen molar-refractivity contribution in [2.45, 2.75) is 13.8 Å². The van der Waals surface area contributed by atoms with Crippen LogP contribution in [0.5, 0.6) is 0 Å². The second-order valence-corrected chi connectivity index (χ2v) is 24.1.